The van der Waals surface area contributed by atoms with Crippen LogP contribution < -0.4 is 4.74 Å². The van der Waals surface area contributed by atoms with Gasteiger partial charge in [0.05, 0.1) is 15.5 Å². The third kappa shape index (κ3) is 4.29. The van der Waals surface area contributed by atoms with Gasteiger partial charge in [-0.05, 0) is 47.5 Å². The van der Waals surface area contributed by atoms with Crippen molar-refractivity contribution < 1.29 is 4.74 Å². The second-order valence-electron chi connectivity index (χ2n) is 4.51. The van der Waals surface area contributed by atoms with Gasteiger partial charge in [-0.25, -0.2) is 0 Å². The van der Waals surface area contributed by atoms with Crippen LogP contribution in [0.3, 0.4) is 0 Å². The van der Waals surface area contributed by atoms with Crippen LogP contribution in [-0.4, -0.2) is 6.10 Å². The van der Waals surface area contributed by atoms with Crippen LogP contribution in [0.1, 0.15) is 19.4 Å². The fourth-order valence-electron chi connectivity index (χ4n) is 1.69. The van der Waals surface area contributed by atoms with Crippen molar-refractivity contribution in [1.29, 1.82) is 0 Å². The molecule has 0 saturated heterocycles. The predicted molar refractivity (Wildman–Crippen MR) is 85.9 cm³/mol. The smallest absolute Gasteiger partial charge is 0.147 e. The van der Waals surface area contributed by atoms with Crippen molar-refractivity contribution in [2.75, 3.05) is 0 Å². The first-order valence-corrected chi connectivity index (χ1v) is 8.06. The van der Waals surface area contributed by atoms with Gasteiger partial charge < -0.3 is 4.74 Å². The zero-order valence-electron chi connectivity index (χ0n) is 11.1. The lowest BCUT2D eigenvalue weighted by atomic mass is 10.2. The van der Waals surface area contributed by atoms with Crippen molar-refractivity contribution in [2.24, 2.45) is 0 Å². The van der Waals surface area contributed by atoms with Crippen molar-refractivity contribution >= 4 is 27.7 Å². The topological polar surface area (TPSA) is 9.23 Å². The average molecular weight is 337 g/mol. The molecule has 0 aromatic heterocycles. The Hall–Kier alpha value is -0.930. The molecular weight excluding hydrogens is 320 g/mol. The van der Waals surface area contributed by atoms with Crippen molar-refractivity contribution in [3.63, 3.8) is 0 Å². The molecule has 0 heterocycles. The molecule has 0 unspecified atom stereocenters. The van der Waals surface area contributed by atoms with Crippen LogP contribution in [0.15, 0.2) is 57.9 Å². The first-order valence-electron chi connectivity index (χ1n) is 6.28. The van der Waals surface area contributed by atoms with Gasteiger partial charge in [0.1, 0.15) is 5.75 Å². The summed E-state index contributed by atoms with van der Waals surface area (Å²) < 4.78 is 6.91. The lowest BCUT2D eigenvalue weighted by Crippen LogP contribution is -2.06. The van der Waals surface area contributed by atoms with Crippen LogP contribution in [0.2, 0.25) is 0 Å². The number of rotatable bonds is 5. The fourth-order valence-corrected chi connectivity index (χ4v) is 3.26. The summed E-state index contributed by atoms with van der Waals surface area (Å²) in [6.07, 6.45) is 0.176. The minimum absolute atomic E-state index is 0.176. The first-order chi connectivity index (χ1) is 9.16. The Balaban J connectivity index is 2.13. The molecular formula is C16H17BrOS. The van der Waals surface area contributed by atoms with E-state index < -0.39 is 0 Å². The molecule has 0 atom stereocenters. The van der Waals surface area contributed by atoms with Gasteiger partial charge in [-0.3, -0.25) is 0 Å². The molecule has 3 heteroatoms. The third-order valence-corrected chi connectivity index (χ3v) is 4.26. The molecule has 19 heavy (non-hydrogen) atoms. The Kier molecular flexibility index (Phi) is 5.34. The highest BCUT2D eigenvalue weighted by Crippen LogP contribution is 2.37. The number of hydrogen-bond donors (Lipinski definition) is 0. The van der Waals surface area contributed by atoms with Crippen molar-refractivity contribution in [3.8, 4) is 5.75 Å². The maximum Gasteiger partial charge on any atom is 0.147 e. The Morgan fingerprint density at radius 2 is 1.79 bits per heavy atom. The van der Waals surface area contributed by atoms with Crippen LogP contribution in [-0.2, 0) is 5.75 Å². The second-order valence-corrected chi connectivity index (χ2v) is 6.38. The van der Waals surface area contributed by atoms with Crippen LogP contribution in [0, 0.1) is 0 Å². The summed E-state index contributed by atoms with van der Waals surface area (Å²) in [7, 11) is 0. The summed E-state index contributed by atoms with van der Waals surface area (Å²) in [5.41, 5.74) is 1.32. The number of benzene rings is 2. The predicted octanol–water partition coefficient (Wildman–Crippen LogP) is 5.53. The molecule has 1 nitrogen and oxygen atoms in total. The minimum atomic E-state index is 0.176. The van der Waals surface area contributed by atoms with E-state index in [0.29, 0.717) is 0 Å². The van der Waals surface area contributed by atoms with Gasteiger partial charge in [-0.1, -0.05) is 36.4 Å². The van der Waals surface area contributed by atoms with Gasteiger partial charge in [-0.2, -0.15) is 0 Å². The van der Waals surface area contributed by atoms with E-state index in [2.05, 4.69) is 46.3 Å². The minimum Gasteiger partial charge on any atom is -0.489 e. The van der Waals surface area contributed by atoms with Crippen LogP contribution in [0.5, 0.6) is 5.75 Å². The molecule has 2 aromatic carbocycles. The summed E-state index contributed by atoms with van der Waals surface area (Å²) >= 11 is 5.36. The lowest BCUT2D eigenvalue weighted by Gasteiger charge is -2.15. The highest BCUT2D eigenvalue weighted by molar-refractivity contribution is 9.10. The molecule has 0 aliphatic rings. The molecule has 0 fully saturated rings. The monoisotopic (exact) mass is 336 g/mol. The summed E-state index contributed by atoms with van der Waals surface area (Å²) in [5.74, 6) is 1.89. The van der Waals surface area contributed by atoms with Crippen molar-refractivity contribution in [1.82, 2.24) is 0 Å². The second kappa shape index (κ2) is 7.01. The van der Waals surface area contributed by atoms with E-state index in [1.54, 1.807) is 11.8 Å². The van der Waals surface area contributed by atoms with Gasteiger partial charge in [0, 0.05) is 5.75 Å². The fraction of sp³-hybridized carbons (Fsp3) is 0.250. The molecule has 2 rings (SSSR count). The van der Waals surface area contributed by atoms with Gasteiger partial charge in [-0.15, -0.1) is 11.8 Å². The summed E-state index contributed by atoms with van der Waals surface area (Å²) in [6, 6.07) is 16.7. The molecule has 0 N–H and O–H groups in total. The van der Waals surface area contributed by atoms with E-state index >= 15 is 0 Å². The van der Waals surface area contributed by atoms with Crippen LogP contribution in [0.25, 0.3) is 0 Å². The van der Waals surface area contributed by atoms with E-state index in [-0.39, 0.29) is 6.10 Å². The van der Waals surface area contributed by atoms with Gasteiger partial charge >= 0.3 is 0 Å². The Labute approximate surface area is 127 Å². The highest BCUT2D eigenvalue weighted by Gasteiger charge is 2.10. The molecule has 0 bridgehead atoms. The number of para-hydroxylation sites is 1. The third-order valence-electron chi connectivity index (χ3n) is 2.52. The summed E-state index contributed by atoms with van der Waals surface area (Å²) in [4.78, 5) is 1.17. The molecule has 0 saturated carbocycles. The van der Waals surface area contributed by atoms with Gasteiger partial charge in [0.15, 0.2) is 0 Å². The maximum absolute atomic E-state index is 5.90. The van der Waals surface area contributed by atoms with Crippen molar-refractivity contribution in [2.45, 2.75) is 30.6 Å². The molecule has 2 aromatic rings. The van der Waals surface area contributed by atoms with E-state index in [4.69, 9.17) is 4.74 Å². The molecule has 0 radical (unpaired) electrons. The molecule has 0 spiro atoms. The summed E-state index contributed by atoms with van der Waals surface area (Å²) in [5, 5.41) is 0. The number of hydrogen-bond acceptors (Lipinski definition) is 2. The standard InChI is InChI=1S/C16H17BrOS/c1-12(2)18-16-14(17)9-6-10-15(16)19-11-13-7-4-3-5-8-13/h3-10,12H,11H2,1-2H3. The zero-order valence-corrected chi connectivity index (χ0v) is 13.5. The van der Waals surface area contributed by atoms with Gasteiger partial charge in [0.2, 0.25) is 0 Å². The Morgan fingerprint density at radius 3 is 2.47 bits per heavy atom. The molecule has 0 aliphatic carbocycles. The quantitative estimate of drug-likeness (QED) is 0.664. The van der Waals surface area contributed by atoms with E-state index in [0.717, 1.165) is 16.0 Å². The maximum atomic E-state index is 5.90. The van der Waals surface area contributed by atoms with Crippen molar-refractivity contribution in [3.05, 3.63) is 58.6 Å². The Bertz CT molecular complexity index is 526. The number of thioether (sulfide) groups is 1. The molecule has 0 amide bonds. The SMILES string of the molecule is CC(C)Oc1c(Br)cccc1SCc1ccccc1. The van der Waals surface area contributed by atoms with Gasteiger partial charge in [0.25, 0.3) is 0 Å². The molecule has 0 aliphatic heterocycles. The van der Waals surface area contributed by atoms with E-state index in [1.807, 2.05) is 32.0 Å². The lowest BCUT2D eigenvalue weighted by molar-refractivity contribution is 0.235. The largest absolute Gasteiger partial charge is 0.489 e. The van der Waals surface area contributed by atoms with Crippen LogP contribution in [0.4, 0.5) is 0 Å². The van der Waals surface area contributed by atoms with Crippen LogP contribution >= 0.6 is 27.7 Å². The van der Waals surface area contributed by atoms with E-state index in [1.165, 1.54) is 10.5 Å². The Morgan fingerprint density at radius 1 is 1.05 bits per heavy atom. The summed E-state index contributed by atoms with van der Waals surface area (Å²) in [6.45, 7) is 4.09. The number of halogens is 1. The normalized spacial score (nSPS) is 10.7. The molecule has 100 valence electrons. The van der Waals surface area contributed by atoms with E-state index in [9.17, 15) is 0 Å². The first kappa shape index (κ1) is 14.5. The average Bonchev–Trinajstić information content (AvgIpc) is 2.40. The zero-order chi connectivity index (χ0) is 13.7. The highest BCUT2D eigenvalue weighted by atomic mass is 79.9. The number of ether oxygens (including phenoxy) is 1.